The summed E-state index contributed by atoms with van der Waals surface area (Å²) in [5.41, 5.74) is 4.20. The normalized spacial score (nSPS) is 12.3. The second-order valence-corrected chi connectivity index (χ2v) is 5.64. The van der Waals surface area contributed by atoms with Gasteiger partial charge in [-0.15, -0.1) is 0 Å². The molecule has 0 unspecified atom stereocenters. The van der Waals surface area contributed by atoms with Crippen LogP contribution < -0.4 is 5.32 Å². The third-order valence-electron chi connectivity index (χ3n) is 3.74. The molecule has 23 heavy (non-hydrogen) atoms. The molecule has 0 aliphatic heterocycles. The Balaban J connectivity index is 2.19. The number of nitriles is 1. The first-order valence-electron chi connectivity index (χ1n) is 7.56. The van der Waals surface area contributed by atoms with Crippen molar-refractivity contribution in [2.45, 2.75) is 26.8 Å². The van der Waals surface area contributed by atoms with E-state index in [-0.39, 0.29) is 17.5 Å². The van der Waals surface area contributed by atoms with Gasteiger partial charge < -0.3 is 5.32 Å². The maximum absolute atomic E-state index is 12.3. The molecule has 1 N–H and O–H groups in total. The number of aryl methyl sites for hydroxylation is 2. The van der Waals surface area contributed by atoms with Gasteiger partial charge >= 0.3 is 0 Å². The summed E-state index contributed by atoms with van der Waals surface area (Å²) in [7, 11) is 0. The highest BCUT2D eigenvalue weighted by Gasteiger charge is 2.14. The molecule has 0 fully saturated rings. The maximum Gasteiger partial charge on any atom is 0.262 e. The minimum absolute atomic E-state index is 0.111. The molecule has 0 bridgehead atoms. The van der Waals surface area contributed by atoms with Gasteiger partial charge in [0.05, 0.1) is 6.04 Å². The summed E-state index contributed by atoms with van der Waals surface area (Å²) in [4.78, 5) is 12.3. The molecule has 3 heteroatoms. The van der Waals surface area contributed by atoms with Crippen molar-refractivity contribution in [3.63, 3.8) is 0 Å². The van der Waals surface area contributed by atoms with Crippen molar-refractivity contribution < 1.29 is 4.79 Å². The van der Waals surface area contributed by atoms with Gasteiger partial charge in [0, 0.05) is 0 Å². The van der Waals surface area contributed by atoms with Gasteiger partial charge in [-0.1, -0.05) is 54.1 Å². The van der Waals surface area contributed by atoms with Gasteiger partial charge in [0.1, 0.15) is 11.6 Å². The fraction of sp³-hybridized carbons (Fsp3) is 0.200. The van der Waals surface area contributed by atoms with Gasteiger partial charge in [-0.3, -0.25) is 4.79 Å². The summed E-state index contributed by atoms with van der Waals surface area (Å²) < 4.78 is 0. The zero-order valence-electron chi connectivity index (χ0n) is 13.6. The van der Waals surface area contributed by atoms with Crippen molar-refractivity contribution in [1.82, 2.24) is 5.32 Å². The molecule has 2 rings (SSSR count). The predicted octanol–water partition coefficient (Wildman–Crippen LogP) is 4.09. The average Bonchev–Trinajstić information content (AvgIpc) is 2.54. The second kappa shape index (κ2) is 7.42. The highest BCUT2D eigenvalue weighted by molar-refractivity contribution is 6.02. The first-order chi connectivity index (χ1) is 11.0. The van der Waals surface area contributed by atoms with Crippen LogP contribution in [0.1, 0.15) is 35.2 Å². The van der Waals surface area contributed by atoms with Crippen LogP contribution in [-0.4, -0.2) is 5.91 Å². The molecule has 3 nitrogen and oxygen atoms in total. The molecule has 0 spiro atoms. The molecular weight excluding hydrogens is 284 g/mol. The zero-order valence-corrected chi connectivity index (χ0v) is 13.6. The number of hydrogen-bond acceptors (Lipinski definition) is 2. The maximum atomic E-state index is 12.3. The number of carbonyl (C=O) groups excluding carboxylic acids is 1. The summed E-state index contributed by atoms with van der Waals surface area (Å²) >= 11 is 0. The largest absolute Gasteiger partial charge is 0.345 e. The molecule has 1 atom stereocenters. The average molecular weight is 304 g/mol. The van der Waals surface area contributed by atoms with Crippen LogP contribution in [0.4, 0.5) is 0 Å². The molecular formula is C20H20N2O. The van der Waals surface area contributed by atoms with Gasteiger partial charge in [0.2, 0.25) is 0 Å². The number of benzene rings is 2. The van der Waals surface area contributed by atoms with Crippen molar-refractivity contribution in [2.75, 3.05) is 0 Å². The van der Waals surface area contributed by atoms with Gasteiger partial charge in [-0.25, -0.2) is 0 Å². The Morgan fingerprint density at radius 3 is 2.48 bits per heavy atom. The summed E-state index contributed by atoms with van der Waals surface area (Å²) in [6, 6.07) is 17.5. The van der Waals surface area contributed by atoms with E-state index in [0.29, 0.717) is 0 Å². The number of carbonyl (C=O) groups is 1. The van der Waals surface area contributed by atoms with Gasteiger partial charge in [-0.2, -0.15) is 5.26 Å². The lowest BCUT2D eigenvalue weighted by atomic mass is 10.0. The smallest absolute Gasteiger partial charge is 0.262 e. The molecule has 2 aromatic carbocycles. The molecule has 0 aromatic heterocycles. The molecule has 116 valence electrons. The van der Waals surface area contributed by atoms with E-state index in [1.165, 1.54) is 0 Å². The van der Waals surface area contributed by atoms with E-state index in [1.54, 1.807) is 6.08 Å². The van der Waals surface area contributed by atoms with Crippen molar-refractivity contribution in [2.24, 2.45) is 0 Å². The number of rotatable bonds is 4. The molecule has 0 radical (unpaired) electrons. The predicted molar refractivity (Wildman–Crippen MR) is 92.5 cm³/mol. The van der Waals surface area contributed by atoms with E-state index < -0.39 is 0 Å². The molecule has 0 aliphatic rings. The quantitative estimate of drug-likeness (QED) is 0.683. The van der Waals surface area contributed by atoms with E-state index >= 15 is 0 Å². The van der Waals surface area contributed by atoms with E-state index in [0.717, 1.165) is 22.3 Å². The number of hydrogen-bond donors (Lipinski definition) is 1. The third kappa shape index (κ3) is 4.31. The lowest BCUT2D eigenvalue weighted by molar-refractivity contribution is -0.117. The molecule has 0 saturated heterocycles. The lowest BCUT2D eigenvalue weighted by Gasteiger charge is -2.14. The monoisotopic (exact) mass is 304 g/mol. The van der Waals surface area contributed by atoms with Crippen molar-refractivity contribution in [1.29, 1.82) is 5.26 Å². The fourth-order valence-corrected chi connectivity index (χ4v) is 2.39. The Kier molecular flexibility index (Phi) is 5.32. The van der Waals surface area contributed by atoms with E-state index in [4.69, 9.17) is 0 Å². The Morgan fingerprint density at radius 1 is 1.17 bits per heavy atom. The van der Waals surface area contributed by atoms with Gasteiger partial charge in [0.15, 0.2) is 0 Å². The van der Waals surface area contributed by atoms with E-state index in [9.17, 15) is 10.1 Å². The third-order valence-corrected chi connectivity index (χ3v) is 3.74. The summed E-state index contributed by atoms with van der Waals surface area (Å²) in [5.74, 6) is -0.358. The SMILES string of the molecule is Cc1ccc(/C=C(\C#N)C(=O)N[C@H](C)c2ccccc2)c(C)c1. The van der Waals surface area contributed by atoms with E-state index in [1.807, 2.05) is 75.4 Å². The van der Waals surface area contributed by atoms with Crippen LogP contribution in [0.25, 0.3) is 6.08 Å². The summed E-state index contributed by atoms with van der Waals surface area (Å²) in [5, 5.41) is 12.2. The van der Waals surface area contributed by atoms with Crippen LogP contribution in [0.3, 0.4) is 0 Å². The minimum atomic E-state index is -0.358. The van der Waals surface area contributed by atoms with Gasteiger partial charge in [-0.05, 0) is 43.5 Å². The highest BCUT2D eigenvalue weighted by Crippen LogP contribution is 2.16. The fourth-order valence-electron chi connectivity index (χ4n) is 2.39. The highest BCUT2D eigenvalue weighted by atomic mass is 16.1. The standard InChI is InChI=1S/C20H20N2O/c1-14-9-10-18(15(2)11-14)12-19(13-21)20(23)22-16(3)17-7-5-4-6-8-17/h4-12,16H,1-3H3,(H,22,23)/b19-12+/t16-/m1/s1. The first-order valence-corrected chi connectivity index (χ1v) is 7.56. The summed E-state index contributed by atoms with van der Waals surface area (Å²) in [6.07, 6.45) is 1.64. The van der Waals surface area contributed by atoms with Crippen molar-refractivity contribution in [3.05, 3.63) is 76.4 Å². The Labute approximate surface area is 137 Å². The Bertz CT molecular complexity index is 770. The number of amides is 1. The summed E-state index contributed by atoms with van der Waals surface area (Å²) in [6.45, 7) is 5.89. The second-order valence-electron chi connectivity index (χ2n) is 5.64. The topological polar surface area (TPSA) is 52.9 Å². The van der Waals surface area contributed by atoms with Crippen LogP contribution in [0.15, 0.2) is 54.1 Å². The lowest BCUT2D eigenvalue weighted by Crippen LogP contribution is -2.27. The van der Waals surface area contributed by atoms with Crippen molar-refractivity contribution >= 4 is 12.0 Å². The minimum Gasteiger partial charge on any atom is -0.345 e. The van der Waals surface area contributed by atoms with E-state index in [2.05, 4.69) is 5.32 Å². The first kappa shape index (κ1) is 16.5. The van der Waals surface area contributed by atoms with Crippen LogP contribution in [-0.2, 0) is 4.79 Å². The molecule has 2 aromatic rings. The Morgan fingerprint density at radius 2 is 1.87 bits per heavy atom. The van der Waals surface area contributed by atoms with Crippen LogP contribution in [0.2, 0.25) is 0 Å². The van der Waals surface area contributed by atoms with Crippen LogP contribution >= 0.6 is 0 Å². The van der Waals surface area contributed by atoms with Gasteiger partial charge in [0.25, 0.3) is 5.91 Å². The number of nitrogens with one attached hydrogen (secondary N) is 1. The molecule has 0 saturated carbocycles. The molecule has 0 aliphatic carbocycles. The zero-order chi connectivity index (χ0) is 16.8. The molecule has 0 heterocycles. The Hall–Kier alpha value is -2.86. The van der Waals surface area contributed by atoms with Crippen molar-refractivity contribution in [3.8, 4) is 6.07 Å². The van der Waals surface area contributed by atoms with Crippen LogP contribution in [0.5, 0.6) is 0 Å². The molecule has 1 amide bonds. The van der Waals surface area contributed by atoms with Crippen LogP contribution in [0, 0.1) is 25.2 Å². The number of nitrogens with zero attached hydrogens (tertiary/aromatic N) is 1.